The number of nitrogens with one attached hydrogen (secondary N) is 1. The molecular formula is C15H16N4O9S. The molecule has 156 valence electrons. The molecule has 3 rings (SSSR count). The predicted molar refractivity (Wildman–Crippen MR) is 93.2 cm³/mol. The van der Waals surface area contributed by atoms with Gasteiger partial charge in [0.25, 0.3) is 23.4 Å². The van der Waals surface area contributed by atoms with Crippen LogP contribution >= 0.6 is 11.8 Å². The monoisotopic (exact) mass is 428 g/mol. The first-order valence-electron chi connectivity index (χ1n) is 8.02. The molecule has 0 aromatic carbocycles. The van der Waals surface area contributed by atoms with Crippen LogP contribution in [0.1, 0.15) is 0 Å². The van der Waals surface area contributed by atoms with Crippen molar-refractivity contribution in [3.05, 3.63) is 23.6 Å². The smallest absolute Gasteiger partial charge is 0.404 e. The van der Waals surface area contributed by atoms with Gasteiger partial charge in [0.05, 0.1) is 0 Å². The average molecular weight is 428 g/mol. The van der Waals surface area contributed by atoms with E-state index in [-0.39, 0.29) is 29.5 Å². The number of methoxy groups -OCH3 is 1. The minimum Gasteiger partial charge on any atom is -0.477 e. The van der Waals surface area contributed by atoms with E-state index in [4.69, 9.17) is 15.2 Å². The summed E-state index contributed by atoms with van der Waals surface area (Å²) in [7, 11) is 1.21. The standard InChI is InChI=1S/C15H16N4O9S/c1-25-15(17-8(20)5-26-9-2-3-28-18-9)12(23)19-10(11(21)22)7(4-27-14(16)24)6-29-13(15)19/h2-3,13H,4-6H2,1H3,(H2,16,24)(H,17,20)(H,21,22)/t13-,15+/m1/s1. The number of aliphatic carboxylic acids is 1. The summed E-state index contributed by atoms with van der Waals surface area (Å²) in [6.45, 7) is -0.847. The highest BCUT2D eigenvalue weighted by atomic mass is 32.2. The first-order valence-corrected chi connectivity index (χ1v) is 9.07. The highest BCUT2D eigenvalue weighted by Gasteiger charge is 2.66. The lowest BCUT2D eigenvalue weighted by atomic mass is 9.98. The van der Waals surface area contributed by atoms with E-state index in [2.05, 4.69) is 19.7 Å². The number of primary amides is 1. The number of carbonyl (C=O) groups is 4. The van der Waals surface area contributed by atoms with Gasteiger partial charge in [-0.05, 0) is 5.16 Å². The first-order chi connectivity index (χ1) is 13.8. The maximum absolute atomic E-state index is 12.8. The molecule has 1 aromatic rings. The molecule has 0 saturated carbocycles. The van der Waals surface area contributed by atoms with E-state index in [0.29, 0.717) is 0 Å². The van der Waals surface area contributed by atoms with Gasteiger partial charge in [0, 0.05) is 24.5 Å². The molecule has 14 heteroatoms. The van der Waals surface area contributed by atoms with Crippen LogP contribution in [-0.2, 0) is 23.9 Å². The van der Waals surface area contributed by atoms with Gasteiger partial charge in [-0.1, -0.05) is 0 Å². The summed E-state index contributed by atoms with van der Waals surface area (Å²) < 4.78 is 19.6. The number of thioether (sulfide) groups is 1. The summed E-state index contributed by atoms with van der Waals surface area (Å²) in [4.78, 5) is 48.5. The van der Waals surface area contributed by atoms with Gasteiger partial charge in [0.2, 0.25) is 0 Å². The second kappa shape index (κ2) is 8.00. The molecule has 29 heavy (non-hydrogen) atoms. The number of fused-ring (bicyclic) bond motifs is 1. The zero-order valence-corrected chi connectivity index (χ0v) is 15.8. The average Bonchev–Trinajstić information content (AvgIpc) is 3.21. The Morgan fingerprint density at radius 1 is 1.52 bits per heavy atom. The topological polar surface area (TPSA) is 184 Å². The van der Waals surface area contributed by atoms with Crippen molar-refractivity contribution in [1.82, 2.24) is 15.4 Å². The van der Waals surface area contributed by atoms with Crippen molar-refractivity contribution in [1.29, 1.82) is 0 Å². The number of nitrogens with two attached hydrogens (primary N) is 1. The Morgan fingerprint density at radius 3 is 2.86 bits per heavy atom. The van der Waals surface area contributed by atoms with Gasteiger partial charge in [-0.3, -0.25) is 14.5 Å². The third-order valence-electron chi connectivity index (χ3n) is 4.11. The van der Waals surface area contributed by atoms with E-state index >= 15 is 0 Å². The van der Waals surface area contributed by atoms with E-state index in [1.54, 1.807) is 0 Å². The van der Waals surface area contributed by atoms with Crippen LogP contribution < -0.4 is 15.8 Å². The van der Waals surface area contributed by atoms with Crippen LogP contribution in [0, 0.1) is 0 Å². The SMILES string of the molecule is CO[C@@]1(NC(=O)COc2ccon2)C(=O)N2C(C(=O)O)=C(COC(N)=O)CS[C@@H]21. The predicted octanol–water partition coefficient (Wildman–Crippen LogP) is -1.14. The number of carboxylic acids is 1. The summed E-state index contributed by atoms with van der Waals surface area (Å²) in [6.07, 6.45) is 0.185. The second-order valence-electron chi connectivity index (χ2n) is 5.82. The Bertz CT molecular complexity index is 871. The van der Waals surface area contributed by atoms with Crippen molar-refractivity contribution < 1.29 is 43.0 Å². The maximum Gasteiger partial charge on any atom is 0.404 e. The summed E-state index contributed by atoms with van der Waals surface area (Å²) in [6, 6.07) is 1.40. The highest BCUT2D eigenvalue weighted by Crippen LogP contribution is 2.46. The third-order valence-corrected chi connectivity index (χ3v) is 5.49. The molecule has 2 aliphatic heterocycles. The minimum atomic E-state index is -1.77. The van der Waals surface area contributed by atoms with E-state index < -0.39 is 41.6 Å². The molecule has 0 spiro atoms. The molecule has 0 unspecified atom stereocenters. The zero-order valence-electron chi connectivity index (χ0n) is 14.9. The van der Waals surface area contributed by atoms with Gasteiger partial charge in [-0.2, -0.15) is 0 Å². The number of carboxylic acid groups (broad SMARTS) is 1. The number of ether oxygens (including phenoxy) is 3. The zero-order chi connectivity index (χ0) is 21.2. The molecule has 2 atom stereocenters. The fourth-order valence-corrected chi connectivity index (χ4v) is 4.29. The lowest BCUT2D eigenvalue weighted by Gasteiger charge is -2.55. The van der Waals surface area contributed by atoms with Crippen LogP contribution in [0.5, 0.6) is 5.88 Å². The van der Waals surface area contributed by atoms with Crippen molar-refractivity contribution in [2.24, 2.45) is 5.73 Å². The van der Waals surface area contributed by atoms with Gasteiger partial charge < -0.3 is 34.9 Å². The Kier molecular flexibility index (Phi) is 5.65. The maximum atomic E-state index is 12.8. The lowest BCUT2D eigenvalue weighted by Crippen LogP contribution is -2.81. The Labute approximate surface area is 167 Å². The number of rotatable bonds is 8. The first kappa shape index (κ1) is 20.5. The molecule has 1 fully saturated rings. The molecule has 3 amide bonds. The van der Waals surface area contributed by atoms with Crippen LogP contribution in [0.15, 0.2) is 28.1 Å². The Balaban J connectivity index is 1.75. The molecular weight excluding hydrogens is 412 g/mol. The van der Waals surface area contributed by atoms with Crippen molar-refractivity contribution in [2.45, 2.75) is 11.1 Å². The number of nitrogens with zero attached hydrogens (tertiary/aromatic N) is 2. The number of amides is 3. The number of aromatic nitrogens is 1. The summed E-state index contributed by atoms with van der Waals surface area (Å²) in [5.41, 5.74) is 2.98. The molecule has 4 N–H and O–H groups in total. The molecule has 1 aromatic heterocycles. The fraction of sp³-hybridized carbons (Fsp3) is 0.400. The summed E-state index contributed by atoms with van der Waals surface area (Å²) in [5.74, 6) is -2.68. The van der Waals surface area contributed by atoms with E-state index in [1.165, 1.54) is 19.4 Å². The molecule has 2 aliphatic rings. The van der Waals surface area contributed by atoms with Crippen LogP contribution in [0.25, 0.3) is 0 Å². The van der Waals surface area contributed by atoms with Crippen LogP contribution in [0.2, 0.25) is 0 Å². The largest absolute Gasteiger partial charge is 0.477 e. The van der Waals surface area contributed by atoms with Gasteiger partial charge in [0.1, 0.15) is 23.9 Å². The second-order valence-corrected chi connectivity index (χ2v) is 6.89. The molecule has 1 saturated heterocycles. The Hall–Kier alpha value is -3.26. The summed E-state index contributed by atoms with van der Waals surface area (Å²) >= 11 is 1.13. The highest BCUT2D eigenvalue weighted by molar-refractivity contribution is 8.00. The van der Waals surface area contributed by atoms with Crippen LogP contribution in [0.3, 0.4) is 0 Å². The van der Waals surface area contributed by atoms with Crippen LogP contribution in [-0.4, -0.2) is 76.2 Å². The van der Waals surface area contributed by atoms with Crippen molar-refractivity contribution in [3.63, 3.8) is 0 Å². The van der Waals surface area contributed by atoms with Gasteiger partial charge in [-0.25, -0.2) is 9.59 Å². The number of hydrogen-bond donors (Lipinski definition) is 3. The number of β-lactam (4-membered cyclic amide) rings is 1. The Morgan fingerprint density at radius 2 is 2.28 bits per heavy atom. The van der Waals surface area contributed by atoms with Crippen molar-refractivity contribution in [2.75, 3.05) is 26.1 Å². The minimum absolute atomic E-state index is 0.0791. The number of hydrogen-bond acceptors (Lipinski definition) is 10. The van der Waals surface area contributed by atoms with Gasteiger partial charge in [0.15, 0.2) is 6.61 Å². The van der Waals surface area contributed by atoms with Crippen LogP contribution in [0.4, 0.5) is 4.79 Å². The molecule has 0 aliphatic carbocycles. The third kappa shape index (κ3) is 3.71. The van der Waals surface area contributed by atoms with E-state index in [1.807, 2.05) is 0 Å². The quantitative estimate of drug-likeness (QED) is 0.336. The van der Waals surface area contributed by atoms with Gasteiger partial charge >= 0.3 is 12.1 Å². The van der Waals surface area contributed by atoms with Crippen molar-refractivity contribution >= 4 is 35.6 Å². The molecule has 0 radical (unpaired) electrons. The number of carbonyl (C=O) groups excluding carboxylic acids is 3. The normalized spacial score (nSPS) is 23.1. The lowest BCUT2D eigenvalue weighted by molar-refractivity contribution is -0.193. The van der Waals surface area contributed by atoms with E-state index in [0.717, 1.165) is 16.7 Å². The van der Waals surface area contributed by atoms with E-state index in [9.17, 15) is 24.3 Å². The molecule has 0 bridgehead atoms. The van der Waals surface area contributed by atoms with Gasteiger partial charge in [-0.15, -0.1) is 11.8 Å². The molecule has 3 heterocycles. The molecule has 13 nitrogen and oxygen atoms in total. The fourth-order valence-electron chi connectivity index (χ4n) is 2.87. The van der Waals surface area contributed by atoms with Crippen molar-refractivity contribution in [3.8, 4) is 5.88 Å². The summed E-state index contributed by atoms with van der Waals surface area (Å²) in [5, 5.41) is 14.6.